The quantitative estimate of drug-likeness (QED) is 0.375. The van der Waals surface area contributed by atoms with Crippen LogP contribution in [0.1, 0.15) is 1.43 Å². The average molecular weight is 245 g/mol. The molecule has 0 atom stereocenters. The SMILES string of the molecule is OB(O)O.[H-].[Na+].[Tb]. The Balaban J connectivity index is -0.0000000150. The number of hydrogen-bond acceptors (Lipinski definition) is 3. The normalized spacial score (nSPS) is 4.50. The van der Waals surface area contributed by atoms with E-state index in [1.807, 2.05) is 0 Å². The summed E-state index contributed by atoms with van der Waals surface area (Å²) in [5.41, 5.74) is 0. The molecule has 6 heavy (non-hydrogen) atoms. The van der Waals surface area contributed by atoms with Crippen LogP contribution in [0.5, 0.6) is 0 Å². The van der Waals surface area contributed by atoms with E-state index >= 15 is 0 Å². The number of hydrogen-bond donors (Lipinski definition) is 3. The smallest absolute Gasteiger partial charge is 1.00 e. The van der Waals surface area contributed by atoms with E-state index in [0.29, 0.717) is 0 Å². The van der Waals surface area contributed by atoms with Gasteiger partial charge < -0.3 is 16.5 Å². The van der Waals surface area contributed by atoms with Gasteiger partial charge in [0, 0.05) is 38.6 Å². The van der Waals surface area contributed by atoms with Crippen molar-refractivity contribution < 1.29 is 84.7 Å². The molecule has 0 aliphatic rings. The van der Waals surface area contributed by atoms with Gasteiger partial charge in [-0.3, -0.25) is 0 Å². The van der Waals surface area contributed by atoms with Crippen LogP contribution in [0.2, 0.25) is 0 Å². The van der Waals surface area contributed by atoms with Gasteiger partial charge in [-0.25, -0.2) is 0 Å². The molecule has 0 unspecified atom stereocenters. The molecule has 3 nitrogen and oxygen atoms in total. The molecule has 1 radical (unpaired) electrons. The first-order valence-electron chi connectivity index (χ1n) is 0.775. The van der Waals surface area contributed by atoms with Gasteiger partial charge in [0.05, 0.1) is 0 Å². The summed E-state index contributed by atoms with van der Waals surface area (Å²) in [6.45, 7) is 0. The van der Waals surface area contributed by atoms with Crippen molar-refractivity contribution in [3.63, 3.8) is 0 Å². The first kappa shape index (κ1) is 15.7. The molecule has 0 saturated carbocycles. The standard InChI is InChI=1S/BH3O3.Na.Tb.H/c2-1(3)4;;;/h2-4H;;;/q;+1;;-1. The van der Waals surface area contributed by atoms with Gasteiger partial charge in [-0.15, -0.1) is 0 Å². The topological polar surface area (TPSA) is 60.7 Å². The molecule has 0 aromatic carbocycles. The molecule has 0 amide bonds. The van der Waals surface area contributed by atoms with Crippen LogP contribution < -0.4 is 29.6 Å². The zero-order valence-corrected chi connectivity index (χ0v) is 7.39. The van der Waals surface area contributed by atoms with E-state index in [1.54, 1.807) is 0 Å². The van der Waals surface area contributed by atoms with Crippen molar-refractivity contribution in [1.82, 2.24) is 0 Å². The van der Waals surface area contributed by atoms with Crippen LogP contribution in [0.25, 0.3) is 0 Å². The zero-order valence-electron chi connectivity index (χ0n) is 4.25. The Hall–Kier alpha value is 2.23. The van der Waals surface area contributed by atoms with Crippen molar-refractivity contribution in [3.05, 3.63) is 0 Å². The van der Waals surface area contributed by atoms with E-state index < -0.39 is 7.32 Å². The molecule has 0 aromatic heterocycles. The molecular formula is H4BNaO3Tb. The first-order valence-corrected chi connectivity index (χ1v) is 0.775. The molecule has 0 aromatic rings. The Kier molecular flexibility index (Phi) is 26.9. The van der Waals surface area contributed by atoms with Gasteiger partial charge in [0.15, 0.2) is 0 Å². The Morgan fingerprint density at radius 2 is 1.17 bits per heavy atom. The largest absolute Gasteiger partial charge is 1.00 e. The summed E-state index contributed by atoms with van der Waals surface area (Å²) in [4.78, 5) is 0. The summed E-state index contributed by atoms with van der Waals surface area (Å²) in [5, 5.41) is 21.5. The van der Waals surface area contributed by atoms with Crippen molar-refractivity contribution in [1.29, 1.82) is 0 Å². The Morgan fingerprint density at radius 3 is 1.17 bits per heavy atom. The van der Waals surface area contributed by atoms with Crippen molar-refractivity contribution in [2.75, 3.05) is 0 Å². The minimum absolute atomic E-state index is 0. The van der Waals surface area contributed by atoms with Crippen molar-refractivity contribution in [3.8, 4) is 0 Å². The molecule has 0 spiro atoms. The maximum absolute atomic E-state index is 7.17. The predicted molar refractivity (Wildman–Crippen MR) is 13.5 cm³/mol. The van der Waals surface area contributed by atoms with Gasteiger partial charge in [0.25, 0.3) is 0 Å². The van der Waals surface area contributed by atoms with Crippen LogP contribution in [0, 0.1) is 38.6 Å². The van der Waals surface area contributed by atoms with Crippen LogP contribution in [0.15, 0.2) is 0 Å². The van der Waals surface area contributed by atoms with Gasteiger partial charge in [-0.05, 0) is 0 Å². The average Bonchev–Trinajstić information content (AvgIpc) is 0.811. The Labute approximate surface area is 90.5 Å². The van der Waals surface area contributed by atoms with E-state index in [1.165, 1.54) is 0 Å². The molecule has 3 N–H and O–H groups in total. The van der Waals surface area contributed by atoms with E-state index in [9.17, 15) is 0 Å². The molecule has 0 fully saturated rings. The van der Waals surface area contributed by atoms with Gasteiger partial charge >= 0.3 is 36.9 Å². The maximum Gasteiger partial charge on any atom is 1.00 e. The third-order valence-corrected chi connectivity index (χ3v) is 0. The van der Waals surface area contributed by atoms with E-state index in [0.717, 1.165) is 0 Å². The van der Waals surface area contributed by atoms with Crippen molar-refractivity contribution >= 4 is 7.32 Å². The molecule has 6 heteroatoms. The second kappa shape index (κ2) is 10.3. The second-order valence-corrected chi connectivity index (χ2v) is 0.346. The second-order valence-electron chi connectivity index (χ2n) is 0.346. The molecule has 0 bridgehead atoms. The minimum atomic E-state index is -2.17. The van der Waals surface area contributed by atoms with Crippen molar-refractivity contribution in [2.45, 2.75) is 0 Å². The van der Waals surface area contributed by atoms with Crippen molar-refractivity contribution in [2.24, 2.45) is 0 Å². The molecule has 0 aliphatic heterocycles. The zero-order chi connectivity index (χ0) is 3.58. The predicted octanol–water partition coefficient (Wildman–Crippen LogP) is -4.94. The van der Waals surface area contributed by atoms with Crippen LogP contribution in [-0.4, -0.2) is 22.4 Å². The minimum Gasteiger partial charge on any atom is -1.00 e. The molecule has 0 aliphatic carbocycles. The maximum atomic E-state index is 7.17. The summed E-state index contributed by atoms with van der Waals surface area (Å²) in [6, 6.07) is 0. The third-order valence-electron chi connectivity index (χ3n) is 0. The fourth-order valence-electron chi connectivity index (χ4n) is 0. The van der Waals surface area contributed by atoms with Crippen LogP contribution in [0.3, 0.4) is 0 Å². The van der Waals surface area contributed by atoms with Crippen LogP contribution in [-0.2, 0) is 0 Å². The van der Waals surface area contributed by atoms with Gasteiger partial charge in [0.2, 0.25) is 0 Å². The summed E-state index contributed by atoms with van der Waals surface area (Å²) in [6.07, 6.45) is 0. The summed E-state index contributed by atoms with van der Waals surface area (Å²) >= 11 is 0. The molecule has 0 rings (SSSR count). The molecule has 35 valence electrons. The summed E-state index contributed by atoms with van der Waals surface area (Å²) < 4.78 is 0. The fraction of sp³-hybridized carbons (Fsp3) is 0. The van der Waals surface area contributed by atoms with E-state index in [-0.39, 0.29) is 69.6 Å². The van der Waals surface area contributed by atoms with Gasteiger partial charge in [0.1, 0.15) is 0 Å². The fourth-order valence-corrected chi connectivity index (χ4v) is 0. The Morgan fingerprint density at radius 1 is 1.17 bits per heavy atom. The van der Waals surface area contributed by atoms with E-state index in [2.05, 4.69) is 0 Å². The van der Waals surface area contributed by atoms with Gasteiger partial charge in [-0.2, -0.15) is 0 Å². The third kappa shape index (κ3) is 34.3. The monoisotopic (exact) mass is 245 g/mol. The molecular weight excluding hydrogens is 241 g/mol. The first-order chi connectivity index (χ1) is 1.73. The van der Waals surface area contributed by atoms with Gasteiger partial charge in [-0.1, -0.05) is 0 Å². The Bertz CT molecular complexity index is 19.7. The van der Waals surface area contributed by atoms with Crippen LogP contribution in [0.4, 0.5) is 0 Å². The summed E-state index contributed by atoms with van der Waals surface area (Å²) in [7, 11) is -2.17. The summed E-state index contributed by atoms with van der Waals surface area (Å²) in [5.74, 6) is 0. The number of rotatable bonds is 0. The molecule has 0 saturated heterocycles. The van der Waals surface area contributed by atoms with Crippen LogP contribution >= 0.6 is 0 Å². The molecule has 0 heterocycles. The van der Waals surface area contributed by atoms with E-state index in [4.69, 9.17) is 15.1 Å².